The predicted molar refractivity (Wildman–Crippen MR) is 45.8 cm³/mol. The lowest BCUT2D eigenvalue weighted by Crippen LogP contribution is -1.92. The quantitative estimate of drug-likeness (QED) is 0.516. The summed E-state index contributed by atoms with van der Waals surface area (Å²) in [6, 6.07) is 1.91. The van der Waals surface area contributed by atoms with Gasteiger partial charge in [0, 0.05) is 0 Å². The first-order valence-electron chi connectivity index (χ1n) is 3.17. The first kappa shape index (κ1) is 8.89. The Morgan fingerprint density at radius 3 is 2.92 bits per heavy atom. The minimum absolute atomic E-state index is 0. The topological polar surface area (TPSA) is 139 Å². The number of nitrogen functional groups attached to an aromatic ring is 1. The van der Waals surface area contributed by atoms with Crippen molar-refractivity contribution in [2.45, 2.75) is 0 Å². The molecule has 0 radical (unpaired) electrons. The highest BCUT2D eigenvalue weighted by Crippen LogP contribution is 2.16. The maximum absolute atomic E-state index is 8.62. The van der Waals surface area contributed by atoms with E-state index in [0.717, 1.165) is 0 Å². The number of hydrogen-bond donors (Lipinski definition) is 3. The SMILES string of the molecule is N.N#Cc1[nH]nc2ncnc(N)c12. The van der Waals surface area contributed by atoms with Crippen LogP contribution in [0.3, 0.4) is 0 Å². The van der Waals surface area contributed by atoms with E-state index >= 15 is 0 Å². The Labute approximate surface area is 73.2 Å². The second-order valence-electron chi connectivity index (χ2n) is 2.17. The van der Waals surface area contributed by atoms with Crippen LogP contribution in [0.5, 0.6) is 0 Å². The minimum atomic E-state index is 0. The molecule has 0 spiro atoms. The summed E-state index contributed by atoms with van der Waals surface area (Å²) in [6.07, 6.45) is 1.31. The van der Waals surface area contributed by atoms with Crippen LogP contribution in [0.4, 0.5) is 5.82 Å². The zero-order valence-corrected chi connectivity index (χ0v) is 6.65. The molecule has 0 atom stereocenters. The van der Waals surface area contributed by atoms with Gasteiger partial charge in [0.1, 0.15) is 23.9 Å². The third-order valence-corrected chi connectivity index (χ3v) is 1.49. The normalized spacial score (nSPS) is 9.15. The van der Waals surface area contributed by atoms with Crippen molar-refractivity contribution in [1.29, 1.82) is 5.26 Å². The summed E-state index contributed by atoms with van der Waals surface area (Å²) in [7, 11) is 0. The Hall–Kier alpha value is -2.20. The molecule has 7 nitrogen and oxygen atoms in total. The van der Waals surface area contributed by atoms with Crippen LogP contribution >= 0.6 is 0 Å². The fourth-order valence-electron chi connectivity index (χ4n) is 0.960. The minimum Gasteiger partial charge on any atom is -0.383 e. The van der Waals surface area contributed by atoms with Gasteiger partial charge in [-0.15, -0.1) is 0 Å². The highest BCUT2D eigenvalue weighted by Gasteiger charge is 2.08. The molecule has 0 fully saturated rings. The summed E-state index contributed by atoms with van der Waals surface area (Å²) < 4.78 is 0. The van der Waals surface area contributed by atoms with Crippen LogP contribution in [0, 0.1) is 11.3 Å². The number of H-pyrrole nitrogens is 1. The van der Waals surface area contributed by atoms with Crippen molar-refractivity contribution in [3.63, 3.8) is 0 Å². The van der Waals surface area contributed by atoms with E-state index in [9.17, 15) is 0 Å². The maximum Gasteiger partial charge on any atom is 0.187 e. The van der Waals surface area contributed by atoms with Crippen LogP contribution in [-0.2, 0) is 0 Å². The third kappa shape index (κ3) is 1.15. The molecule has 2 aromatic rings. The second kappa shape index (κ2) is 3.04. The van der Waals surface area contributed by atoms with Crippen molar-refractivity contribution in [1.82, 2.24) is 26.3 Å². The van der Waals surface area contributed by atoms with Crippen molar-refractivity contribution in [2.24, 2.45) is 0 Å². The molecule has 0 unspecified atom stereocenters. The highest BCUT2D eigenvalue weighted by atomic mass is 15.2. The van der Waals surface area contributed by atoms with Gasteiger partial charge in [-0.1, -0.05) is 0 Å². The second-order valence-corrected chi connectivity index (χ2v) is 2.17. The molecular formula is C6H7N7. The van der Waals surface area contributed by atoms with Gasteiger partial charge in [-0.3, -0.25) is 5.10 Å². The molecule has 0 bridgehead atoms. The van der Waals surface area contributed by atoms with Crippen LogP contribution in [0.25, 0.3) is 11.0 Å². The van der Waals surface area contributed by atoms with E-state index in [1.807, 2.05) is 6.07 Å². The molecule has 0 amide bonds. The lowest BCUT2D eigenvalue weighted by molar-refractivity contribution is 1.07. The Morgan fingerprint density at radius 2 is 2.23 bits per heavy atom. The van der Waals surface area contributed by atoms with Crippen LogP contribution < -0.4 is 11.9 Å². The van der Waals surface area contributed by atoms with E-state index < -0.39 is 0 Å². The summed E-state index contributed by atoms with van der Waals surface area (Å²) >= 11 is 0. The number of aromatic nitrogens is 4. The van der Waals surface area contributed by atoms with Crippen molar-refractivity contribution < 1.29 is 0 Å². The van der Waals surface area contributed by atoms with Crippen LogP contribution in [-0.4, -0.2) is 20.2 Å². The number of fused-ring (bicyclic) bond motifs is 1. The number of nitrogens with one attached hydrogen (secondary N) is 1. The zero-order chi connectivity index (χ0) is 8.55. The third-order valence-electron chi connectivity index (χ3n) is 1.49. The average Bonchev–Trinajstić information content (AvgIpc) is 2.49. The molecule has 7 heteroatoms. The number of nitrogens with zero attached hydrogens (tertiary/aromatic N) is 4. The zero-order valence-electron chi connectivity index (χ0n) is 6.65. The predicted octanol–water partition coefficient (Wildman–Crippen LogP) is -0.0312. The fourth-order valence-corrected chi connectivity index (χ4v) is 0.960. The van der Waals surface area contributed by atoms with Gasteiger partial charge < -0.3 is 11.9 Å². The van der Waals surface area contributed by atoms with Gasteiger partial charge in [0.15, 0.2) is 5.65 Å². The van der Waals surface area contributed by atoms with E-state index in [-0.39, 0.29) is 12.0 Å². The Balaban J connectivity index is 0.000000845. The van der Waals surface area contributed by atoms with Gasteiger partial charge in [0.05, 0.1) is 5.39 Å². The van der Waals surface area contributed by atoms with Gasteiger partial charge in [0.25, 0.3) is 0 Å². The fraction of sp³-hybridized carbons (Fsp3) is 0. The molecule has 6 N–H and O–H groups in total. The molecule has 2 rings (SSSR count). The first-order valence-corrected chi connectivity index (χ1v) is 3.17. The summed E-state index contributed by atoms with van der Waals surface area (Å²) in [5.74, 6) is 0.269. The smallest absolute Gasteiger partial charge is 0.187 e. The van der Waals surface area contributed by atoms with E-state index in [1.165, 1.54) is 6.33 Å². The summed E-state index contributed by atoms with van der Waals surface area (Å²) in [4.78, 5) is 7.57. The lowest BCUT2D eigenvalue weighted by Gasteiger charge is -1.90. The van der Waals surface area contributed by atoms with Crippen molar-refractivity contribution in [3.8, 4) is 6.07 Å². The van der Waals surface area contributed by atoms with Gasteiger partial charge in [-0.25, -0.2) is 9.97 Å². The largest absolute Gasteiger partial charge is 0.383 e. The van der Waals surface area contributed by atoms with E-state index in [4.69, 9.17) is 11.0 Å². The van der Waals surface area contributed by atoms with Gasteiger partial charge in [0.2, 0.25) is 0 Å². The first-order chi connectivity index (χ1) is 5.83. The lowest BCUT2D eigenvalue weighted by atomic mass is 10.3. The average molecular weight is 177 g/mol. The molecule has 0 aromatic carbocycles. The molecular weight excluding hydrogens is 170 g/mol. The van der Waals surface area contributed by atoms with Gasteiger partial charge >= 0.3 is 0 Å². The van der Waals surface area contributed by atoms with Crippen LogP contribution in [0.1, 0.15) is 5.69 Å². The molecule has 0 saturated carbocycles. The van der Waals surface area contributed by atoms with Crippen molar-refractivity contribution >= 4 is 16.9 Å². The number of rotatable bonds is 0. The summed E-state index contributed by atoms with van der Waals surface area (Å²) in [6.45, 7) is 0. The van der Waals surface area contributed by atoms with Gasteiger partial charge in [-0.05, 0) is 0 Å². The van der Waals surface area contributed by atoms with Gasteiger partial charge in [-0.2, -0.15) is 10.4 Å². The maximum atomic E-state index is 8.62. The monoisotopic (exact) mass is 177 g/mol. The molecule has 0 aliphatic heterocycles. The Morgan fingerprint density at radius 1 is 1.46 bits per heavy atom. The number of nitriles is 1. The number of aromatic amines is 1. The Bertz CT molecular complexity index is 465. The molecule has 2 aromatic heterocycles. The standard InChI is InChI=1S/C6H4N6.H3N/c7-1-3-4-5(8)9-2-10-6(4)12-11-3;/h2H,(H3,8,9,10,11,12);1H3. The van der Waals surface area contributed by atoms with E-state index in [0.29, 0.717) is 16.7 Å². The summed E-state index contributed by atoms with van der Waals surface area (Å²) in [5.41, 5.74) is 6.23. The number of hydrogen-bond acceptors (Lipinski definition) is 6. The number of nitrogens with two attached hydrogens (primary N) is 1. The van der Waals surface area contributed by atoms with E-state index in [1.54, 1.807) is 0 Å². The summed E-state index contributed by atoms with van der Waals surface area (Å²) in [5, 5.41) is 15.4. The highest BCUT2D eigenvalue weighted by molar-refractivity contribution is 5.89. The molecule has 2 heterocycles. The van der Waals surface area contributed by atoms with Crippen LogP contribution in [0.15, 0.2) is 6.33 Å². The van der Waals surface area contributed by atoms with E-state index in [2.05, 4.69) is 20.2 Å². The molecule has 66 valence electrons. The van der Waals surface area contributed by atoms with Crippen molar-refractivity contribution in [2.75, 3.05) is 5.73 Å². The molecule has 13 heavy (non-hydrogen) atoms. The molecule has 0 aliphatic rings. The van der Waals surface area contributed by atoms with Crippen molar-refractivity contribution in [3.05, 3.63) is 12.0 Å². The molecule has 0 aliphatic carbocycles. The number of anilines is 1. The molecule has 0 saturated heterocycles. The Kier molecular flexibility index (Phi) is 2.08. The van der Waals surface area contributed by atoms with Crippen LogP contribution in [0.2, 0.25) is 0 Å².